The van der Waals surface area contributed by atoms with Crippen LogP contribution in [0.2, 0.25) is 0 Å². The molecule has 0 saturated heterocycles. The molecule has 0 amide bonds. The zero-order valence-electron chi connectivity index (χ0n) is 17.1. The smallest absolute Gasteiger partial charge is 0.174 e. The molecule has 0 radical (unpaired) electrons. The zero-order valence-corrected chi connectivity index (χ0v) is 17.9. The SMILES string of the molecule is CCC(C)N(Cc1cn(CC)c2ccccc12)C(=S)Nc1ccccc1OC. The molecule has 0 saturated carbocycles. The molecule has 0 fully saturated rings. The van der Waals surface area contributed by atoms with Crippen LogP contribution in [-0.4, -0.2) is 27.7 Å². The summed E-state index contributed by atoms with van der Waals surface area (Å²) in [4.78, 5) is 2.27. The van der Waals surface area contributed by atoms with Crippen LogP contribution in [0, 0.1) is 0 Å². The molecule has 1 atom stereocenters. The van der Waals surface area contributed by atoms with Crippen LogP contribution >= 0.6 is 12.2 Å². The number of methoxy groups -OCH3 is 1. The molecule has 2 aromatic carbocycles. The second kappa shape index (κ2) is 9.11. The van der Waals surface area contributed by atoms with E-state index in [1.54, 1.807) is 7.11 Å². The van der Waals surface area contributed by atoms with Crippen molar-refractivity contribution in [1.82, 2.24) is 9.47 Å². The maximum Gasteiger partial charge on any atom is 0.174 e. The van der Waals surface area contributed by atoms with Crippen LogP contribution in [0.15, 0.2) is 54.7 Å². The molecule has 148 valence electrons. The Morgan fingerprint density at radius 2 is 1.86 bits per heavy atom. The lowest BCUT2D eigenvalue weighted by Crippen LogP contribution is -2.40. The lowest BCUT2D eigenvalue weighted by molar-refractivity contribution is 0.320. The van der Waals surface area contributed by atoms with Gasteiger partial charge < -0.3 is 19.5 Å². The monoisotopic (exact) mass is 395 g/mol. The van der Waals surface area contributed by atoms with Gasteiger partial charge >= 0.3 is 0 Å². The molecule has 0 aliphatic carbocycles. The molecule has 0 bridgehead atoms. The lowest BCUT2D eigenvalue weighted by Gasteiger charge is -2.31. The summed E-state index contributed by atoms with van der Waals surface area (Å²) in [5.41, 5.74) is 3.45. The molecule has 1 N–H and O–H groups in total. The quantitative estimate of drug-likeness (QED) is 0.522. The number of aromatic nitrogens is 1. The number of rotatable bonds is 7. The van der Waals surface area contributed by atoms with E-state index >= 15 is 0 Å². The van der Waals surface area contributed by atoms with Crippen LogP contribution in [0.3, 0.4) is 0 Å². The number of fused-ring (bicyclic) bond motifs is 1. The Hall–Kier alpha value is -2.53. The fourth-order valence-electron chi connectivity index (χ4n) is 3.48. The topological polar surface area (TPSA) is 29.4 Å². The Morgan fingerprint density at radius 1 is 1.14 bits per heavy atom. The number of aryl methyl sites for hydroxylation is 1. The van der Waals surface area contributed by atoms with Crippen molar-refractivity contribution in [3.63, 3.8) is 0 Å². The molecule has 3 aromatic rings. The number of ether oxygens (including phenoxy) is 1. The molecule has 1 aromatic heterocycles. The van der Waals surface area contributed by atoms with Crippen LogP contribution < -0.4 is 10.1 Å². The number of anilines is 1. The van der Waals surface area contributed by atoms with Gasteiger partial charge in [0.1, 0.15) is 5.75 Å². The van der Waals surface area contributed by atoms with Crippen molar-refractivity contribution in [3.05, 3.63) is 60.3 Å². The summed E-state index contributed by atoms with van der Waals surface area (Å²) in [5, 5.41) is 5.40. The van der Waals surface area contributed by atoms with Crippen molar-refractivity contribution < 1.29 is 4.74 Å². The van der Waals surface area contributed by atoms with Gasteiger partial charge in [0.05, 0.1) is 12.8 Å². The van der Waals surface area contributed by atoms with Gasteiger partial charge in [-0.15, -0.1) is 0 Å². The standard InChI is InChI=1S/C23H29N3OS/c1-5-17(3)26(23(28)24-20-12-8-10-14-22(20)27-4)16-18-15-25(6-2)21-13-9-7-11-19(18)21/h7-15,17H,5-6,16H2,1-4H3,(H,24,28). The lowest BCUT2D eigenvalue weighted by atomic mass is 10.1. The van der Waals surface area contributed by atoms with Crippen LogP contribution in [0.4, 0.5) is 5.69 Å². The summed E-state index contributed by atoms with van der Waals surface area (Å²) in [6.45, 7) is 8.31. The van der Waals surface area contributed by atoms with E-state index in [9.17, 15) is 0 Å². The molecule has 0 spiro atoms. The second-order valence-electron chi connectivity index (χ2n) is 6.97. The number of hydrogen-bond acceptors (Lipinski definition) is 2. The predicted molar refractivity (Wildman–Crippen MR) is 122 cm³/mol. The van der Waals surface area contributed by atoms with Gasteiger partial charge in [0.15, 0.2) is 5.11 Å². The first-order valence-electron chi connectivity index (χ1n) is 9.86. The number of benzene rings is 2. The Balaban J connectivity index is 1.90. The molecule has 1 unspecified atom stereocenters. The third kappa shape index (κ3) is 4.14. The van der Waals surface area contributed by atoms with Gasteiger partial charge in [-0.2, -0.15) is 0 Å². The minimum Gasteiger partial charge on any atom is -0.495 e. The largest absolute Gasteiger partial charge is 0.495 e. The maximum absolute atomic E-state index is 5.82. The average molecular weight is 396 g/mol. The first-order valence-corrected chi connectivity index (χ1v) is 10.3. The molecule has 0 aliphatic heterocycles. The van der Waals surface area contributed by atoms with Crippen LogP contribution in [-0.2, 0) is 13.1 Å². The number of hydrogen-bond donors (Lipinski definition) is 1. The maximum atomic E-state index is 5.82. The third-order valence-corrected chi connectivity index (χ3v) is 5.62. The van der Waals surface area contributed by atoms with E-state index < -0.39 is 0 Å². The number of nitrogens with one attached hydrogen (secondary N) is 1. The number of para-hydroxylation sites is 3. The highest BCUT2D eigenvalue weighted by molar-refractivity contribution is 7.80. The summed E-state index contributed by atoms with van der Waals surface area (Å²) in [6, 6.07) is 16.8. The molecular weight excluding hydrogens is 366 g/mol. The highest BCUT2D eigenvalue weighted by atomic mass is 32.1. The molecule has 4 nitrogen and oxygen atoms in total. The minimum absolute atomic E-state index is 0.318. The Labute approximate surface area is 173 Å². The van der Waals surface area contributed by atoms with Crippen molar-refractivity contribution in [3.8, 4) is 5.75 Å². The Morgan fingerprint density at radius 3 is 2.57 bits per heavy atom. The molecule has 28 heavy (non-hydrogen) atoms. The van der Waals surface area contributed by atoms with Gasteiger partial charge in [-0.25, -0.2) is 0 Å². The normalized spacial score (nSPS) is 12.0. The van der Waals surface area contributed by atoms with Gasteiger partial charge in [0, 0.05) is 36.2 Å². The fourth-order valence-corrected chi connectivity index (χ4v) is 3.83. The van der Waals surface area contributed by atoms with Crippen molar-refractivity contribution >= 4 is 33.9 Å². The van der Waals surface area contributed by atoms with Crippen molar-refractivity contribution in [2.75, 3.05) is 12.4 Å². The first-order chi connectivity index (χ1) is 13.6. The van der Waals surface area contributed by atoms with Gasteiger partial charge in [-0.3, -0.25) is 0 Å². The molecule has 1 heterocycles. The van der Waals surface area contributed by atoms with Crippen LogP contribution in [0.1, 0.15) is 32.8 Å². The van der Waals surface area contributed by atoms with Crippen molar-refractivity contribution in [1.29, 1.82) is 0 Å². The Kier molecular flexibility index (Phi) is 6.57. The van der Waals surface area contributed by atoms with E-state index in [4.69, 9.17) is 17.0 Å². The average Bonchev–Trinajstić information content (AvgIpc) is 3.09. The van der Waals surface area contributed by atoms with E-state index in [-0.39, 0.29) is 0 Å². The zero-order chi connectivity index (χ0) is 20.1. The van der Waals surface area contributed by atoms with Crippen molar-refractivity contribution in [2.45, 2.75) is 46.3 Å². The predicted octanol–water partition coefficient (Wildman–Crippen LogP) is 5.67. The van der Waals surface area contributed by atoms with E-state index in [1.165, 1.54) is 16.5 Å². The highest BCUT2D eigenvalue weighted by Crippen LogP contribution is 2.26. The van der Waals surface area contributed by atoms with Crippen LogP contribution in [0.25, 0.3) is 10.9 Å². The summed E-state index contributed by atoms with van der Waals surface area (Å²) in [5.74, 6) is 0.788. The first kappa shape index (κ1) is 20.2. The minimum atomic E-state index is 0.318. The summed E-state index contributed by atoms with van der Waals surface area (Å²) in [6.07, 6.45) is 3.27. The fraction of sp³-hybridized carbons (Fsp3) is 0.348. The molecule has 3 rings (SSSR count). The second-order valence-corrected chi connectivity index (χ2v) is 7.36. The van der Waals surface area contributed by atoms with Crippen molar-refractivity contribution in [2.24, 2.45) is 0 Å². The van der Waals surface area contributed by atoms with Gasteiger partial charge in [-0.1, -0.05) is 37.3 Å². The summed E-state index contributed by atoms with van der Waals surface area (Å²) < 4.78 is 7.76. The highest BCUT2D eigenvalue weighted by Gasteiger charge is 2.19. The van der Waals surface area contributed by atoms with Gasteiger partial charge in [0.2, 0.25) is 0 Å². The van der Waals surface area contributed by atoms with Gasteiger partial charge in [-0.05, 0) is 56.2 Å². The summed E-state index contributed by atoms with van der Waals surface area (Å²) in [7, 11) is 1.68. The third-order valence-electron chi connectivity index (χ3n) is 5.28. The van der Waals surface area contributed by atoms with Gasteiger partial charge in [0.25, 0.3) is 0 Å². The molecular formula is C23H29N3OS. The van der Waals surface area contributed by atoms with Crippen LogP contribution in [0.5, 0.6) is 5.75 Å². The van der Waals surface area contributed by atoms with E-state index in [0.717, 1.165) is 30.9 Å². The number of thiocarbonyl (C=S) groups is 1. The van der Waals surface area contributed by atoms with E-state index in [1.807, 2.05) is 24.3 Å². The van der Waals surface area contributed by atoms with E-state index in [0.29, 0.717) is 11.2 Å². The number of nitrogens with zero attached hydrogens (tertiary/aromatic N) is 2. The molecule has 5 heteroatoms. The summed E-state index contributed by atoms with van der Waals surface area (Å²) >= 11 is 5.82. The van der Waals surface area contributed by atoms with E-state index in [2.05, 4.69) is 66.0 Å². The molecule has 0 aliphatic rings. The Bertz CT molecular complexity index is 950.